The summed E-state index contributed by atoms with van der Waals surface area (Å²) in [6.07, 6.45) is 0.653. The number of carbonyl (C=O) groups is 1. The van der Waals surface area contributed by atoms with Gasteiger partial charge in [0.05, 0.1) is 0 Å². The number of esters is 1. The Balaban J connectivity index is 2.80. The predicted octanol–water partition coefficient (Wildman–Crippen LogP) is 0.709. The third kappa shape index (κ3) is 1.13. The molecule has 1 N–H and O–H groups in total. The monoisotopic (exact) mass is 158 g/mol. The Morgan fingerprint density at radius 2 is 2.27 bits per heavy atom. The van der Waals surface area contributed by atoms with Crippen molar-refractivity contribution in [1.29, 1.82) is 0 Å². The van der Waals surface area contributed by atoms with Crippen molar-refractivity contribution in [3.63, 3.8) is 0 Å². The van der Waals surface area contributed by atoms with Crippen molar-refractivity contribution < 1.29 is 14.6 Å². The Bertz CT molecular complexity index is 174. The maximum absolute atomic E-state index is 11.0. The van der Waals surface area contributed by atoms with Crippen molar-refractivity contribution in [3.05, 3.63) is 0 Å². The van der Waals surface area contributed by atoms with E-state index in [1.807, 2.05) is 13.8 Å². The van der Waals surface area contributed by atoms with Crippen LogP contribution in [0.3, 0.4) is 0 Å². The van der Waals surface area contributed by atoms with E-state index in [-0.39, 0.29) is 12.0 Å². The van der Waals surface area contributed by atoms with Crippen LogP contribution < -0.4 is 0 Å². The zero-order valence-corrected chi connectivity index (χ0v) is 7.13. The molecule has 1 saturated heterocycles. The van der Waals surface area contributed by atoms with Crippen molar-refractivity contribution in [1.82, 2.24) is 0 Å². The summed E-state index contributed by atoms with van der Waals surface area (Å²) in [6.45, 7) is 5.28. The molecular formula is C8H14O3. The molecule has 1 rings (SSSR count). The van der Waals surface area contributed by atoms with Crippen LogP contribution in [0.2, 0.25) is 0 Å². The van der Waals surface area contributed by atoms with E-state index < -0.39 is 11.6 Å². The van der Waals surface area contributed by atoms with Gasteiger partial charge < -0.3 is 9.84 Å². The van der Waals surface area contributed by atoms with Crippen LogP contribution in [-0.4, -0.2) is 22.8 Å². The SMILES string of the molecule is CC[C@H]1OC(=O)[C@@](C)(O)[C@@H]1C. The first kappa shape index (κ1) is 8.53. The number of ether oxygens (including phenoxy) is 1. The van der Waals surface area contributed by atoms with Crippen LogP contribution in [0.1, 0.15) is 27.2 Å². The number of hydrogen-bond donors (Lipinski definition) is 1. The van der Waals surface area contributed by atoms with Gasteiger partial charge in [0.25, 0.3) is 0 Å². The molecule has 0 amide bonds. The first-order valence-electron chi connectivity index (χ1n) is 3.93. The van der Waals surface area contributed by atoms with E-state index in [0.717, 1.165) is 6.42 Å². The van der Waals surface area contributed by atoms with E-state index in [4.69, 9.17) is 4.74 Å². The van der Waals surface area contributed by atoms with Crippen LogP contribution in [0, 0.1) is 5.92 Å². The van der Waals surface area contributed by atoms with Crippen LogP contribution in [0.4, 0.5) is 0 Å². The molecule has 0 saturated carbocycles. The molecule has 0 aromatic rings. The molecule has 1 fully saturated rings. The van der Waals surface area contributed by atoms with Gasteiger partial charge in [0.2, 0.25) is 0 Å². The molecule has 0 aromatic heterocycles. The van der Waals surface area contributed by atoms with Crippen molar-refractivity contribution in [2.45, 2.75) is 38.9 Å². The van der Waals surface area contributed by atoms with Crippen LogP contribution in [0.15, 0.2) is 0 Å². The molecule has 0 aliphatic carbocycles. The maximum atomic E-state index is 11.0. The lowest BCUT2D eigenvalue weighted by molar-refractivity contribution is -0.154. The van der Waals surface area contributed by atoms with Crippen molar-refractivity contribution in [2.75, 3.05) is 0 Å². The summed E-state index contributed by atoms with van der Waals surface area (Å²) in [5.74, 6) is -0.586. The van der Waals surface area contributed by atoms with Gasteiger partial charge in [-0.25, -0.2) is 4.79 Å². The molecule has 3 heteroatoms. The Kier molecular flexibility index (Phi) is 1.92. The van der Waals surface area contributed by atoms with Gasteiger partial charge in [-0.2, -0.15) is 0 Å². The van der Waals surface area contributed by atoms with Crippen LogP contribution >= 0.6 is 0 Å². The van der Waals surface area contributed by atoms with E-state index in [1.165, 1.54) is 6.92 Å². The quantitative estimate of drug-likeness (QED) is 0.572. The van der Waals surface area contributed by atoms with E-state index >= 15 is 0 Å². The second-order valence-electron chi connectivity index (χ2n) is 3.29. The first-order chi connectivity index (χ1) is 5.00. The molecule has 1 aliphatic heterocycles. The van der Waals surface area contributed by atoms with Crippen molar-refractivity contribution in [2.24, 2.45) is 5.92 Å². The molecular weight excluding hydrogens is 144 g/mol. The number of cyclic esters (lactones) is 1. The molecule has 3 atom stereocenters. The zero-order valence-electron chi connectivity index (χ0n) is 7.13. The fraction of sp³-hybridized carbons (Fsp3) is 0.875. The molecule has 1 heterocycles. The minimum Gasteiger partial charge on any atom is -0.460 e. The molecule has 3 nitrogen and oxygen atoms in total. The minimum absolute atomic E-state index is 0.0972. The third-order valence-corrected chi connectivity index (χ3v) is 2.52. The Labute approximate surface area is 66.4 Å². The highest BCUT2D eigenvalue weighted by Crippen LogP contribution is 2.32. The highest BCUT2D eigenvalue weighted by molar-refractivity contribution is 5.81. The van der Waals surface area contributed by atoms with Crippen LogP contribution in [-0.2, 0) is 9.53 Å². The summed E-state index contributed by atoms with van der Waals surface area (Å²) in [5, 5.41) is 9.56. The predicted molar refractivity (Wildman–Crippen MR) is 40.0 cm³/mol. The Hall–Kier alpha value is -0.570. The second kappa shape index (κ2) is 2.48. The lowest BCUT2D eigenvalue weighted by atomic mass is 9.88. The third-order valence-electron chi connectivity index (χ3n) is 2.52. The molecule has 0 radical (unpaired) electrons. The van der Waals surface area contributed by atoms with Gasteiger partial charge in [-0.15, -0.1) is 0 Å². The van der Waals surface area contributed by atoms with E-state index in [1.54, 1.807) is 0 Å². The normalized spacial score (nSPS) is 44.2. The van der Waals surface area contributed by atoms with Crippen molar-refractivity contribution in [3.8, 4) is 0 Å². The van der Waals surface area contributed by atoms with Crippen LogP contribution in [0.25, 0.3) is 0 Å². The lowest BCUT2D eigenvalue weighted by Crippen LogP contribution is -2.36. The van der Waals surface area contributed by atoms with E-state index in [2.05, 4.69) is 0 Å². The number of rotatable bonds is 1. The summed E-state index contributed by atoms with van der Waals surface area (Å²) in [6, 6.07) is 0. The number of aliphatic hydroxyl groups is 1. The summed E-state index contributed by atoms with van der Waals surface area (Å²) in [4.78, 5) is 11.0. The second-order valence-corrected chi connectivity index (χ2v) is 3.29. The molecule has 0 aromatic carbocycles. The first-order valence-corrected chi connectivity index (χ1v) is 3.93. The molecule has 0 unspecified atom stereocenters. The molecule has 11 heavy (non-hydrogen) atoms. The Morgan fingerprint density at radius 3 is 2.45 bits per heavy atom. The van der Waals surface area contributed by atoms with E-state index in [9.17, 15) is 9.90 Å². The molecule has 1 aliphatic rings. The summed E-state index contributed by atoms with van der Waals surface area (Å²) >= 11 is 0. The zero-order chi connectivity index (χ0) is 8.65. The molecule has 64 valence electrons. The minimum atomic E-state index is -1.28. The standard InChI is InChI=1S/C8H14O3/c1-4-6-5(2)8(3,10)7(9)11-6/h5-6,10H,4H2,1-3H3/t5-,6-,8+/m1/s1. The van der Waals surface area contributed by atoms with Gasteiger partial charge in [-0.1, -0.05) is 13.8 Å². The fourth-order valence-corrected chi connectivity index (χ4v) is 1.34. The van der Waals surface area contributed by atoms with Gasteiger partial charge in [0.1, 0.15) is 6.10 Å². The largest absolute Gasteiger partial charge is 0.460 e. The summed E-state index contributed by atoms with van der Waals surface area (Å²) in [5.41, 5.74) is -1.28. The number of carbonyl (C=O) groups excluding carboxylic acids is 1. The average Bonchev–Trinajstić information content (AvgIpc) is 2.14. The van der Waals surface area contributed by atoms with E-state index in [0.29, 0.717) is 0 Å². The summed E-state index contributed by atoms with van der Waals surface area (Å²) < 4.78 is 4.95. The van der Waals surface area contributed by atoms with Gasteiger partial charge in [0.15, 0.2) is 5.60 Å². The topological polar surface area (TPSA) is 46.5 Å². The fourth-order valence-electron chi connectivity index (χ4n) is 1.34. The van der Waals surface area contributed by atoms with Gasteiger partial charge >= 0.3 is 5.97 Å². The van der Waals surface area contributed by atoms with Crippen molar-refractivity contribution >= 4 is 5.97 Å². The Morgan fingerprint density at radius 1 is 1.73 bits per heavy atom. The van der Waals surface area contributed by atoms with Gasteiger partial charge in [0, 0.05) is 5.92 Å². The number of hydrogen-bond acceptors (Lipinski definition) is 3. The highest BCUT2D eigenvalue weighted by Gasteiger charge is 2.49. The summed E-state index contributed by atoms with van der Waals surface area (Å²) in [7, 11) is 0. The molecule has 0 spiro atoms. The van der Waals surface area contributed by atoms with Gasteiger partial charge in [-0.3, -0.25) is 0 Å². The smallest absolute Gasteiger partial charge is 0.338 e. The maximum Gasteiger partial charge on any atom is 0.338 e. The van der Waals surface area contributed by atoms with Gasteiger partial charge in [-0.05, 0) is 13.3 Å². The average molecular weight is 158 g/mol. The van der Waals surface area contributed by atoms with Crippen LogP contribution in [0.5, 0.6) is 0 Å². The molecule has 0 bridgehead atoms. The highest BCUT2D eigenvalue weighted by atomic mass is 16.6. The lowest BCUT2D eigenvalue weighted by Gasteiger charge is -2.18.